The van der Waals surface area contributed by atoms with Gasteiger partial charge in [-0.3, -0.25) is 0 Å². The average Bonchev–Trinajstić information content (AvgIpc) is 2.92. The highest BCUT2D eigenvalue weighted by molar-refractivity contribution is 5.44. The van der Waals surface area contributed by atoms with Crippen molar-refractivity contribution in [2.45, 2.75) is 26.4 Å². The maximum Gasteiger partial charge on any atom is 0.161 e. The Balaban J connectivity index is 1.77. The Kier molecular flexibility index (Phi) is 4.39. The van der Waals surface area contributed by atoms with Crippen LogP contribution in [-0.4, -0.2) is 17.8 Å². The number of nitrogens with zero attached hydrogens (tertiary/aromatic N) is 1. The molecule has 2 heterocycles. The molecule has 3 rings (SSSR count). The van der Waals surface area contributed by atoms with Crippen LogP contribution in [0.15, 0.2) is 36.5 Å². The summed E-state index contributed by atoms with van der Waals surface area (Å²) in [6, 6.07) is 10.8. The largest absolute Gasteiger partial charge is 0.486 e. The summed E-state index contributed by atoms with van der Waals surface area (Å²) in [5.74, 6) is 2.19. The zero-order valence-corrected chi connectivity index (χ0v) is 13.5. The third-order valence-corrected chi connectivity index (χ3v) is 4.15. The van der Waals surface area contributed by atoms with E-state index in [1.807, 2.05) is 6.07 Å². The highest BCUT2D eigenvalue weighted by Crippen LogP contribution is 2.34. The number of hydrogen-bond acceptors (Lipinski definition) is 3. The maximum atomic E-state index is 5.71. The molecule has 0 saturated carbocycles. The molecule has 0 spiro atoms. The van der Waals surface area contributed by atoms with Gasteiger partial charge in [-0.25, -0.2) is 0 Å². The molecular formula is C18H24N2O2. The van der Waals surface area contributed by atoms with Crippen molar-refractivity contribution in [1.82, 2.24) is 9.88 Å². The van der Waals surface area contributed by atoms with Crippen molar-refractivity contribution >= 4 is 0 Å². The lowest BCUT2D eigenvalue weighted by Gasteiger charge is -2.25. The van der Waals surface area contributed by atoms with Gasteiger partial charge in [0.15, 0.2) is 11.5 Å². The van der Waals surface area contributed by atoms with Crippen molar-refractivity contribution in [3.8, 4) is 11.5 Å². The molecule has 1 aliphatic rings. The summed E-state index contributed by atoms with van der Waals surface area (Å²) in [6.45, 7) is 6.57. The number of aromatic nitrogens is 1. The predicted molar refractivity (Wildman–Crippen MR) is 87.3 cm³/mol. The van der Waals surface area contributed by atoms with Crippen LogP contribution < -0.4 is 14.8 Å². The quantitative estimate of drug-likeness (QED) is 0.920. The molecule has 1 aromatic heterocycles. The van der Waals surface area contributed by atoms with Crippen molar-refractivity contribution in [1.29, 1.82) is 0 Å². The first kappa shape index (κ1) is 15.0. The van der Waals surface area contributed by atoms with Crippen LogP contribution in [-0.2, 0) is 13.6 Å². The van der Waals surface area contributed by atoms with E-state index in [0.29, 0.717) is 19.1 Å². The van der Waals surface area contributed by atoms with Gasteiger partial charge in [-0.1, -0.05) is 19.9 Å². The van der Waals surface area contributed by atoms with Crippen molar-refractivity contribution < 1.29 is 9.47 Å². The Bertz CT molecular complexity index is 634. The first-order chi connectivity index (χ1) is 10.6. The van der Waals surface area contributed by atoms with Gasteiger partial charge in [0.1, 0.15) is 13.2 Å². The lowest BCUT2D eigenvalue weighted by molar-refractivity contribution is 0.171. The fraction of sp³-hybridized carbons (Fsp3) is 0.444. The summed E-state index contributed by atoms with van der Waals surface area (Å²) >= 11 is 0. The molecule has 1 atom stereocenters. The lowest BCUT2D eigenvalue weighted by atomic mass is 9.95. The Morgan fingerprint density at radius 1 is 1.14 bits per heavy atom. The van der Waals surface area contributed by atoms with Crippen molar-refractivity contribution in [3.63, 3.8) is 0 Å². The van der Waals surface area contributed by atoms with Gasteiger partial charge in [0.2, 0.25) is 0 Å². The fourth-order valence-electron chi connectivity index (χ4n) is 2.89. The van der Waals surface area contributed by atoms with E-state index < -0.39 is 0 Å². The van der Waals surface area contributed by atoms with Crippen LogP contribution in [0.2, 0.25) is 0 Å². The summed E-state index contributed by atoms with van der Waals surface area (Å²) in [5, 5.41) is 3.67. The summed E-state index contributed by atoms with van der Waals surface area (Å²) in [7, 11) is 2.07. The molecule has 118 valence electrons. The lowest BCUT2D eigenvalue weighted by Crippen LogP contribution is -2.26. The molecule has 4 nitrogen and oxygen atoms in total. The van der Waals surface area contributed by atoms with Crippen LogP contribution in [0.3, 0.4) is 0 Å². The highest BCUT2D eigenvalue weighted by Gasteiger charge is 2.19. The predicted octanol–water partition coefficient (Wildman–Crippen LogP) is 3.28. The molecule has 0 fully saturated rings. The van der Waals surface area contributed by atoms with Gasteiger partial charge < -0.3 is 19.4 Å². The van der Waals surface area contributed by atoms with Gasteiger partial charge in [-0.15, -0.1) is 0 Å². The molecule has 0 saturated heterocycles. The summed E-state index contributed by atoms with van der Waals surface area (Å²) < 4.78 is 13.5. The summed E-state index contributed by atoms with van der Waals surface area (Å²) in [6.07, 6.45) is 2.07. The number of nitrogens with one attached hydrogen (secondary N) is 1. The molecular weight excluding hydrogens is 276 g/mol. The van der Waals surface area contributed by atoms with Crippen LogP contribution in [0.4, 0.5) is 0 Å². The van der Waals surface area contributed by atoms with Crippen LogP contribution >= 0.6 is 0 Å². The Hall–Kier alpha value is -1.94. The minimum Gasteiger partial charge on any atom is -0.486 e. The molecule has 1 aromatic carbocycles. The van der Waals surface area contributed by atoms with Gasteiger partial charge in [-0.05, 0) is 35.7 Å². The molecule has 1 aliphatic heterocycles. The van der Waals surface area contributed by atoms with E-state index >= 15 is 0 Å². The first-order valence-electron chi connectivity index (χ1n) is 7.88. The number of aryl methyl sites for hydroxylation is 1. The smallest absolute Gasteiger partial charge is 0.161 e. The first-order valence-corrected chi connectivity index (χ1v) is 7.88. The molecule has 0 radical (unpaired) electrons. The van der Waals surface area contributed by atoms with Crippen molar-refractivity contribution in [3.05, 3.63) is 47.8 Å². The van der Waals surface area contributed by atoms with E-state index in [1.54, 1.807) is 0 Å². The zero-order chi connectivity index (χ0) is 15.5. The monoisotopic (exact) mass is 300 g/mol. The SMILES string of the molecule is CC(C)C(NCc1cccn1C)c1ccc2c(c1)OCCO2. The molecule has 4 heteroatoms. The molecule has 0 aliphatic carbocycles. The van der Waals surface area contributed by atoms with Crippen LogP contribution in [0.25, 0.3) is 0 Å². The van der Waals surface area contributed by atoms with E-state index in [4.69, 9.17) is 9.47 Å². The van der Waals surface area contributed by atoms with Gasteiger partial charge in [0, 0.05) is 31.5 Å². The van der Waals surface area contributed by atoms with Crippen LogP contribution in [0.1, 0.15) is 31.1 Å². The van der Waals surface area contributed by atoms with E-state index in [0.717, 1.165) is 18.0 Å². The van der Waals surface area contributed by atoms with E-state index in [1.165, 1.54) is 11.3 Å². The fourth-order valence-corrected chi connectivity index (χ4v) is 2.89. The average molecular weight is 300 g/mol. The number of hydrogen-bond donors (Lipinski definition) is 1. The third-order valence-electron chi connectivity index (χ3n) is 4.15. The van der Waals surface area contributed by atoms with E-state index in [2.05, 4.69) is 61.2 Å². The Morgan fingerprint density at radius 3 is 2.59 bits per heavy atom. The topological polar surface area (TPSA) is 35.4 Å². The van der Waals surface area contributed by atoms with E-state index in [-0.39, 0.29) is 6.04 Å². The summed E-state index contributed by atoms with van der Waals surface area (Å²) in [4.78, 5) is 0. The normalized spacial score (nSPS) is 15.1. The van der Waals surface area contributed by atoms with Gasteiger partial charge in [0.25, 0.3) is 0 Å². The zero-order valence-electron chi connectivity index (χ0n) is 13.5. The second kappa shape index (κ2) is 6.44. The van der Waals surface area contributed by atoms with Crippen LogP contribution in [0.5, 0.6) is 11.5 Å². The molecule has 2 aromatic rings. The molecule has 0 amide bonds. The molecule has 22 heavy (non-hydrogen) atoms. The second-order valence-electron chi connectivity index (χ2n) is 6.12. The molecule has 1 N–H and O–H groups in total. The standard InChI is InChI=1S/C18H24N2O2/c1-13(2)18(19-12-15-5-4-8-20(15)3)14-6-7-16-17(11-14)22-10-9-21-16/h4-8,11,13,18-19H,9-10,12H2,1-3H3. The molecule has 1 unspecified atom stereocenters. The number of fused-ring (bicyclic) bond motifs is 1. The summed E-state index contributed by atoms with van der Waals surface area (Å²) in [5.41, 5.74) is 2.52. The number of ether oxygens (including phenoxy) is 2. The van der Waals surface area contributed by atoms with Crippen molar-refractivity contribution in [2.24, 2.45) is 13.0 Å². The number of rotatable bonds is 5. The third kappa shape index (κ3) is 3.12. The maximum absolute atomic E-state index is 5.71. The van der Waals surface area contributed by atoms with Gasteiger partial charge >= 0.3 is 0 Å². The van der Waals surface area contributed by atoms with E-state index in [9.17, 15) is 0 Å². The van der Waals surface area contributed by atoms with Gasteiger partial charge in [-0.2, -0.15) is 0 Å². The molecule has 0 bridgehead atoms. The minimum atomic E-state index is 0.283. The number of benzene rings is 1. The Labute approximate surface area is 132 Å². The van der Waals surface area contributed by atoms with Crippen LogP contribution in [0, 0.1) is 5.92 Å². The second-order valence-corrected chi connectivity index (χ2v) is 6.12. The highest BCUT2D eigenvalue weighted by atomic mass is 16.6. The van der Waals surface area contributed by atoms with Crippen molar-refractivity contribution in [2.75, 3.05) is 13.2 Å². The minimum absolute atomic E-state index is 0.283. The Morgan fingerprint density at radius 2 is 1.91 bits per heavy atom. The van der Waals surface area contributed by atoms with Gasteiger partial charge in [0.05, 0.1) is 0 Å².